The van der Waals surface area contributed by atoms with E-state index in [0.29, 0.717) is 0 Å². The molecule has 0 radical (unpaired) electrons. The van der Waals surface area contributed by atoms with Gasteiger partial charge in [-0.1, -0.05) is 30.3 Å². The maximum absolute atomic E-state index is 5.17. The average molecular weight is 200 g/mol. The summed E-state index contributed by atoms with van der Waals surface area (Å²) in [5.74, 6) is 0.927. The molecule has 76 valence electrons. The molecule has 15 heavy (non-hydrogen) atoms. The van der Waals surface area contributed by atoms with Gasteiger partial charge in [-0.2, -0.15) is 0 Å². The van der Waals surface area contributed by atoms with Crippen LogP contribution in [0.3, 0.4) is 0 Å². The van der Waals surface area contributed by atoms with Crippen molar-refractivity contribution in [3.8, 4) is 11.1 Å². The van der Waals surface area contributed by atoms with Crippen molar-refractivity contribution in [3.63, 3.8) is 0 Å². The molecule has 3 heteroatoms. The lowest BCUT2D eigenvalue weighted by atomic mass is 9.96. The van der Waals surface area contributed by atoms with E-state index in [9.17, 15) is 0 Å². The Morgan fingerprint density at radius 3 is 3.20 bits per heavy atom. The van der Waals surface area contributed by atoms with E-state index in [1.54, 1.807) is 6.20 Å². The first-order valence-electron chi connectivity index (χ1n) is 5.20. The Hall–Kier alpha value is -1.77. The number of para-hydroxylation sites is 1. The minimum atomic E-state index is 0.735. The molecule has 1 N–H and O–H groups in total. The fourth-order valence-electron chi connectivity index (χ4n) is 2.11. The van der Waals surface area contributed by atoms with Gasteiger partial charge in [0.25, 0.3) is 0 Å². The maximum atomic E-state index is 5.17. The van der Waals surface area contributed by atoms with Gasteiger partial charge in [0.05, 0.1) is 12.7 Å². The van der Waals surface area contributed by atoms with Crippen molar-refractivity contribution < 1.29 is 4.52 Å². The van der Waals surface area contributed by atoms with E-state index in [1.807, 2.05) is 0 Å². The van der Waals surface area contributed by atoms with Crippen molar-refractivity contribution in [2.75, 3.05) is 5.32 Å². The normalized spacial score (nSPS) is 12.9. The topological polar surface area (TPSA) is 38.1 Å². The lowest BCUT2D eigenvalue weighted by Gasteiger charge is -2.19. The van der Waals surface area contributed by atoms with Crippen LogP contribution in [0.5, 0.6) is 0 Å². The molecule has 0 saturated heterocycles. The number of aryl methyl sites for hydroxylation is 1. The summed E-state index contributed by atoms with van der Waals surface area (Å²) < 4.78 is 5.17. The number of fused-ring (bicyclic) bond motifs is 3. The van der Waals surface area contributed by atoms with Crippen LogP contribution in [0.1, 0.15) is 18.2 Å². The lowest BCUT2D eigenvalue weighted by molar-refractivity contribution is 0.388. The van der Waals surface area contributed by atoms with E-state index < -0.39 is 0 Å². The first-order chi connectivity index (χ1) is 7.40. The Labute approximate surface area is 88.1 Å². The molecular formula is C12H12N2O. The van der Waals surface area contributed by atoms with Crippen LogP contribution in [0.15, 0.2) is 28.9 Å². The predicted octanol–water partition coefficient (Wildman–Crippen LogP) is 2.83. The molecule has 0 atom stereocenters. The Bertz CT molecular complexity index is 502. The van der Waals surface area contributed by atoms with Gasteiger partial charge in [0.2, 0.25) is 0 Å². The quantitative estimate of drug-likeness (QED) is 0.769. The highest BCUT2D eigenvalue weighted by atomic mass is 16.5. The van der Waals surface area contributed by atoms with Gasteiger partial charge < -0.3 is 9.84 Å². The van der Waals surface area contributed by atoms with Crippen LogP contribution >= 0.6 is 0 Å². The molecule has 2 heterocycles. The van der Waals surface area contributed by atoms with Crippen LogP contribution in [-0.4, -0.2) is 5.16 Å². The van der Waals surface area contributed by atoms with Gasteiger partial charge in [-0.15, -0.1) is 0 Å². The highest BCUT2D eigenvalue weighted by Crippen LogP contribution is 2.37. The second kappa shape index (κ2) is 3.12. The van der Waals surface area contributed by atoms with Gasteiger partial charge in [-0.25, -0.2) is 0 Å². The lowest BCUT2D eigenvalue weighted by Crippen LogP contribution is -2.08. The SMILES string of the molecule is CCc1cccc2c1NCc1oncc1-2. The number of nitrogens with one attached hydrogen (secondary N) is 1. The monoisotopic (exact) mass is 200 g/mol. The maximum Gasteiger partial charge on any atom is 0.163 e. The van der Waals surface area contributed by atoms with Crippen LogP contribution < -0.4 is 5.32 Å². The molecule has 1 aromatic heterocycles. The van der Waals surface area contributed by atoms with Crippen molar-refractivity contribution in [1.82, 2.24) is 5.16 Å². The molecule has 0 unspecified atom stereocenters. The number of nitrogens with zero attached hydrogens (tertiary/aromatic N) is 1. The Morgan fingerprint density at radius 1 is 1.40 bits per heavy atom. The minimum Gasteiger partial charge on any atom is -0.377 e. The van der Waals surface area contributed by atoms with Crippen LogP contribution in [0.4, 0.5) is 5.69 Å². The van der Waals surface area contributed by atoms with Crippen LogP contribution in [0.2, 0.25) is 0 Å². The third-order valence-electron chi connectivity index (χ3n) is 2.89. The van der Waals surface area contributed by atoms with E-state index in [1.165, 1.54) is 16.8 Å². The molecule has 3 rings (SSSR count). The van der Waals surface area contributed by atoms with Crippen molar-refractivity contribution in [3.05, 3.63) is 35.7 Å². The summed E-state index contributed by atoms with van der Waals surface area (Å²) in [5.41, 5.74) is 4.91. The summed E-state index contributed by atoms with van der Waals surface area (Å²) in [6, 6.07) is 6.35. The van der Waals surface area contributed by atoms with Crippen LogP contribution in [-0.2, 0) is 13.0 Å². The van der Waals surface area contributed by atoms with Gasteiger partial charge in [0.15, 0.2) is 5.76 Å². The third kappa shape index (κ3) is 1.16. The van der Waals surface area contributed by atoms with E-state index in [2.05, 4.69) is 35.6 Å². The minimum absolute atomic E-state index is 0.735. The molecule has 0 fully saturated rings. The average Bonchev–Trinajstić information content (AvgIpc) is 2.76. The van der Waals surface area contributed by atoms with E-state index >= 15 is 0 Å². The molecule has 0 amide bonds. The zero-order chi connectivity index (χ0) is 10.3. The zero-order valence-electron chi connectivity index (χ0n) is 8.58. The molecule has 3 nitrogen and oxygen atoms in total. The summed E-state index contributed by atoms with van der Waals surface area (Å²) in [7, 11) is 0. The van der Waals surface area contributed by atoms with Crippen molar-refractivity contribution in [2.45, 2.75) is 19.9 Å². The van der Waals surface area contributed by atoms with Gasteiger partial charge in [0.1, 0.15) is 0 Å². The van der Waals surface area contributed by atoms with Crippen molar-refractivity contribution >= 4 is 5.69 Å². The smallest absolute Gasteiger partial charge is 0.163 e. The molecule has 1 aliphatic rings. The number of benzene rings is 1. The Balaban J connectivity index is 2.25. The molecule has 1 aromatic carbocycles. The fraction of sp³-hybridized carbons (Fsp3) is 0.250. The Kier molecular flexibility index (Phi) is 1.78. The summed E-state index contributed by atoms with van der Waals surface area (Å²) in [4.78, 5) is 0. The van der Waals surface area contributed by atoms with E-state index in [4.69, 9.17) is 4.52 Å². The number of aromatic nitrogens is 1. The molecule has 2 aromatic rings. The number of rotatable bonds is 1. The van der Waals surface area contributed by atoms with E-state index in [0.717, 1.165) is 24.3 Å². The zero-order valence-corrected chi connectivity index (χ0v) is 8.58. The highest BCUT2D eigenvalue weighted by molar-refractivity contribution is 5.83. The highest BCUT2D eigenvalue weighted by Gasteiger charge is 2.20. The van der Waals surface area contributed by atoms with Crippen molar-refractivity contribution in [1.29, 1.82) is 0 Å². The van der Waals surface area contributed by atoms with E-state index in [-0.39, 0.29) is 0 Å². The first kappa shape index (κ1) is 8.53. The summed E-state index contributed by atoms with van der Waals surface area (Å²) in [6.45, 7) is 2.90. The van der Waals surface area contributed by atoms with Gasteiger partial charge in [-0.05, 0) is 12.0 Å². The molecule has 0 saturated carbocycles. The second-order valence-corrected chi connectivity index (χ2v) is 3.71. The fourth-order valence-corrected chi connectivity index (χ4v) is 2.11. The standard InChI is InChI=1S/C12H12N2O/c1-2-8-4-3-5-9-10-6-14-15-11(10)7-13-12(8)9/h3-6,13H,2,7H2,1H3. The first-order valence-corrected chi connectivity index (χ1v) is 5.20. The van der Waals surface area contributed by atoms with Gasteiger partial charge in [0, 0.05) is 16.8 Å². The largest absolute Gasteiger partial charge is 0.377 e. The molecule has 1 aliphatic heterocycles. The molecule has 0 aliphatic carbocycles. The van der Waals surface area contributed by atoms with Gasteiger partial charge in [-0.3, -0.25) is 0 Å². The summed E-state index contributed by atoms with van der Waals surface area (Å²) in [6.07, 6.45) is 2.84. The second-order valence-electron chi connectivity index (χ2n) is 3.71. The Morgan fingerprint density at radius 2 is 2.33 bits per heavy atom. The summed E-state index contributed by atoms with van der Waals surface area (Å²) >= 11 is 0. The van der Waals surface area contributed by atoms with Crippen LogP contribution in [0.25, 0.3) is 11.1 Å². The van der Waals surface area contributed by atoms with Gasteiger partial charge >= 0.3 is 0 Å². The summed E-state index contributed by atoms with van der Waals surface area (Å²) in [5, 5.41) is 7.23. The number of hydrogen-bond acceptors (Lipinski definition) is 3. The third-order valence-corrected chi connectivity index (χ3v) is 2.89. The molecular weight excluding hydrogens is 188 g/mol. The number of hydrogen-bond donors (Lipinski definition) is 1. The number of anilines is 1. The van der Waals surface area contributed by atoms with Crippen LogP contribution in [0, 0.1) is 0 Å². The molecule has 0 bridgehead atoms. The predicted molar refractivity (Wildman–Crippen MR) is 58.6 cm³/mol. The molecule has 0 spiro atoms. The van der Waals surface area contributed by atoms with Crippen molar-refractivity contribution in [2.24, 2.45) is 0 Å².